The van der Waals surface area contributed by atoms with Gasteiger partial charge >= 0.3 is 0 Å². The second kappa shape index (κ2) is 6.51. The summed E-state index contributed by atoms with van der Waals surface area (Å²) in [6, 6.07) is 1.47. The van der Waals surface area contributed by atoms with Crippen LogP contribution in [0.1, 0.15) is 25.5 Å². The number of carbonyl (C=O) groups excluding carboxylic acids is 2. The Morgan fingerprint density at radius 2 is 2.00 bits per heavy atom. The SMILES string of the molecule is CC(C)c1cc(=O)n(CC(=O)N2CCN(C=O)CC2)cn1. The van der Waals surface area contributed by atoms with Gasteiger partial charge < -0.3 is 9.80 Å². The first kappa shape index (κ1) is 15.2. The third-order valence-corrected chi connectivity index (χ3v) is 3.61. The molecule has 2 amide bonds. The van der Waals surface area contributed by atoms with Crippen LogP contribution in [0.25, 0.3) is 0 Å². The van der Waals surface area contributed by atoms with E-state index in [1.54, 1.807) is 9.80 Å². The molecule has 0 radical (unpaired) electrons. The van der Waals surface area contributed by atoms with E-state index in [-0.39, 0.29) is 23.9 Å². The van der Waals surface area contributed by atoms with Gasteiger partial charge in [0.15, 0.2) is 0 Å². The topological polar surface area (TPSA) is 75.5 Å². The average Bonchev–Trinajstić information content (AvgIpc) is 2.49. The van der Waals surface area contributed by atoms with Gasteiger partial charge in [-0.3, -0.25) is 19.0 Å². The van der Waals surface area contributed by atoms with Crippen LogP contribution >= 0.6 is 0 Å². The van der Waals surface area contributed by atoms with Crippen molar-refractivity contribution in [3.8, 4) is 0 Å². The van der Waals surface area contributed by atoms with Gasteiger partial charge in [-0.15, -0.1) is 0 Å². The van der Waals surface area contributed by atoms with E-state index < -0.39 is 0 Å². The number of piperazine rings is 1. The Morgan fingerprint density at radius 1 is 1.33 bits per heavy atom. The van der Waals surface area contributed by atoms with Gasteiger partial charge in [-0.25, -0.2) is 4.98 Å². The van der Waals surface area contributed by atoms with Crippen molar-refractivity contribution in [3.05, 3.63) is 28.4 Å². The zero-order valence-electron chi connectivity index (χ0n) is 12.4. The van der Waals surface area contributed by atoms with Crippen LogP contribution in [0.15, 0.2) is 17.2 Å². The van der Waals surface area contributed by atoms with Crippen molar-refractivity contribution in [1.82, 2.24) is 19.4 Å². The van der Waals surface area contributed by atoms with Crippen molar-refractivity contribution in [2.75, 3.05) is 26.2 Å². The van der Waals surface area contributed by atoms with Gasteiger partial charge in [-0.05, 0) is 5.92 Å². The molecule has 0 bridgehead atoms. The van der Waals surface area contributed by atoms with Gasteiger partial charge in [-0.1, -0.05) is 13.8 Å². The molecule has 1 fully saturated rings. The summed E-state index contributed by atoms with van der Waals surface area (Å²) >= 11 is 0. The zero-order valence-corrected chi connectivity index (χ0v) is 12.4. The average molecular weight is 292 g/mol. The first-order valence-corrected chi connectivity index (χ1v) is 7.04. The highest BCUT2D eigenvalue weighted by atomic mass is 16.2. The van der Waals surface area contributed by atoms with Crippen LogP contribution in [-0.2, 0) is 16.1 Å². The maximum Gasteiger partial charge on any atom is 0.254 e. The molecule has 1 aliphatic heterocycles. The third-order valence-electron chi connectivity index (χ3n) is 3.61. The highest BCUT2D eigenvalue weighted by molar-refractivity contribution is 5.76. The standard InChI is InChI=1S/C14H20N4O3/c1-11(2)12-7-13(20)18(9-15-12)8-14(21)17-5-3-16(10-19)4-6-17/h7,9-11H,3-6,8H2,1-2H3. The Kier molecular flexibility index (Phi) is 4.72. The summed E-state index contributed by atoms with van der Waals surface area (Å²) in [7, 11) is 0. The number of amides is 2. The first-order valence-electron chi connectivity index (χ1n) is 7.04. The molecule has 1 aromatic rings. The maximum atomic E-state index is 12.2. The maximum absolute atomic E-state index is 12.2. The van der Waals surface area contributed by atoms with Crippen LogP contribution < -0.4 is 5.56 Å². The van der Waals surface area contributed by atoms with Crippen LogP contribution in [0.4, 0.5) is 0 Å². The fourth-order valence-electron chi connectivity index (χ4n) is 2.20. The highest BCUT2D eigenvalue weighted by Crippen LogP contribution is 2.07. The molecule has 0 spiro atoms. The molecule has 114 valence electrons. The number of aromatic nitrogens is 2. The quantitative estimate of drug-likeness (QED) is 0.712. The first-order chi connectivity index (χ1) is 10.0. The van der Waals surface area contributed by atoms with Crippen LogP contribution in [0, 0.1) is 0 Å². The molecule has 2 rings (SSSR count). The summed E-state index contributed by atoms with van der Waals surface area (Å²) in [6.45, 7) is 6.00. The summed E-state index contributed by atoms with van der Waals surface area (Å²) in [5, 5.41) is 0. The fraction of sp³-hybridized carbons (Fsp3) is 0.571. The smallest absolute Gasteiger partial charge is 0.254 e. The number of carbonyl (C=O) groups is 2. The van der Waals surface area contributed by atoms with E-state index in [2.05, 4.69) is 4.98 Å². The predicted molar refractivity (Wildman–Crippen MR) is 76.8 cm³/mol. The minimum absolute atomic E-state index is 0.00863. The second-order valence-electron chi connectivity index (χ2n) is 5.46. The second-order valence-corrected chi connectivity index (χ2v) is 5.46. The lowest BCUT2D eigenvalue weighted by molar-refractivity contribution is -0.135. The van der Waals surface area contributed by atoms with Crippen LogP contribution in [0.5, 0.6) is 0 Å². The van der Waals surface area contributed by atoms with Crippen LogP contribution in [-0.4, -0.2) is 57.8 Å². The van der Waals surface area contributed by atoms with Crippen molar-refractivity contribution in [2.45, 2.75) is 26.3 Å². The molecule has 0 N–H and O–H groups in total. The molecule has 0 saturated carbocycles. The molecule has 1 saturated heterocycles. The molecular formula is C14H20N4O3. The lowest BCUT2D eigenvalue weighted by Gasteiger charge is -2.32. The molecule has 1 aromatic heterocycles. The number of hydrogen-bond acceptors (Lipinski definition) is 4. The molecule has 0 aromatic carbocycles. The van der Waals surface area contributed by atoms with E-state index in [4.69, 9.17) is 0 Å². The molecule has 0 atom stereocenters. The lowest BCUT2D eigenvalue weighted by Crippen LogP contribution is -2.49. The summed E-state index contributed by atoms with van der Waals surface area (Å²) in [6.07, 6.45) is 2.22. The summed E-state index contributed by atoms with van der Waals surface area (Å²) in [5.41, 5.74) is 0.511. The van der Waals surface area contributed by atoms with E-state index in [9.17, 15) is 14.4 Å². The molecule has 7 heteroatoms. The van der Waals surface area contributed by atoms with Gasteiger partial charge in [0.25, 0.3) is 5.56 Å². The van der Waals surface area contributed by atoms with E-state index in [0.717, 1.165) is 12.1 Å². The molecule has 0 unspecified atom stereocenters. The van der Waals surface area contributed by atoms with Crippen molar-refractivity contribution in [3.63, 3.8) is 0 Å². The van der Waals surface area contributed by atoms with Crippen molar-refractivity contribution < 1.29 is 9.59 Å². The predicted octanol–water partition coefficient (Wildman–Crippen LogP) is -0.333. The number of rotatable bonds is 4. The normalized spacial score (nSPS) is 15.4. The highest BCUT2D eigenvalue weighted by Gasteiger charge is 2.20. The monoisotopic (exact) mass is 292 g/mol. The van der Waals surface area contributed by atoms with Crippen molar-refractivity contribution in [2.24, 2.45) is 0 Å². The van der Waals surface area contributed by atoms with Crippen molar-refractivity contribution in [1.29, 1.82) is 0 Å². The largest absolute Gasteiger partial charge is 0.342 e. The van der Waals surface area contributed by atoms with E-state index in [1.165, 1.54) is 17.0 Å². The lowest BCUT2D eigenvalue weighted by atomic mass is 10.1. The van der Waals surface area contributed by atoms with E-state index in [1.807, 2.05) is 13.8 Å². The zero-order chi connectivity index (χ0) is 15.4. The van der Waals surface area contributed by atoms with Gasteiger partial charge in [0.1, 0.15) is 6.54 Å². The van der Waals surface area contributed by atoms with Gasteiger partial charge in [0, 0.05) is 32.2 Å². The van der Waals surface area contributed by atoms with Gasteiger partial charge in [0.2, 0.25) is 12.3 Å². The molecule has 21 heavy (non-hydrogen) atoms. The van der Waals surface area contributed by atoms with Gasteiger partial charge in [0.05, 0.1) is 12.0 Å². The fourth-order valence-corrected chi connectivity index (χ4v) is 2.20. The minimum atomic E-state index is -0.214. The van der Waals surface area contributed by atoms with Gasteiger partial charge in [-0.2, -0.15) is 0 Å². The Hall–Kier alpha value is -2.18. The Balaban J connectivity index is 2.00. The molecular weight excluding hydrogens is 272 g/mol. The summed E-state index contributed by atoms with van der Waals surface area (Å²) < 4.78 is 1.32. The van der Waals surface area contributed by atoms with Crippen LogP contribution in [0.3, 0.4) is 0 Å². The molecule has 1 aliphatic rings. The Morgan fingerprint density at radius 3 is 2.52 bits per heavy atom. The summed E-state index contributed by atoms with van der Waals surface area (Å²) in [4.78, 5) is 42.3. The number of hydrogen-bond donors (Lipinski definition) is 0. The third kappa shape index (κ3) is 3.68. The van der Waals surface area contributed by atoms with Crippen molar-refractivity contribution >= 4 is 12.3 Å². The molecule has 7 nitrogen and oxygen atoms in total. The summed E-state index contributed by atoms with van der Waals surface area (Å²) in [5.74, 6) is 0.0567. The van der Waals surface area contributed by atoms with E-state index >= 15 is 0 Å². The Labute approximate surface area is 123 Å². The minimum Gasteiger partial charge on any atom is -0.342 e. The molecule has 2 heterocycles. The van der Waals surface area contributed by atoms with E-state index in [0.29, 0.717) is 26.2 Å². The number of nitrogens with zero attached hydrogens (tertiary/aromatic N) is 4. The molecule has 0 aliphatic carbocycles. The Bertz CT molecular complexity index is 574. The van der Waals surface area contributed by atoms with Crippen LogP contribution in [0.2, 0.25) is 0 Å².